The number of anilines is 1. The van der Waals surface area contributed by atoms with Crippen LogP contribution in [0.5, 0.6) is 0 Å². The first-order valence-electron chi connectivity index (χ1n) is 6.83. The van der Waals surface area contributed by atoms with Gasteiger partial charge in [-0.15, -0.1) is 0 Å². The molecule has 108 valence electrons. The van der Waals surface area contributed by atoms with Crippen molar-refractivity contribution in [3.63, 3.8) is 0 Å². The Kier molecular flexibility index (Phi) is 3.64. The molecule has 2 aromatic rings. The number of nitrogens with one attached hydrogen (secondary N) is 1. The largest absolute Gasteiger partial charge is 0.344 e. The molecule has 0 radical (unpaired) electrons. The fraction of sp³-hybridized carbons (Fsp3) is 0.667. The van der Waals surface area contributed by atoms with Gasteiger partial charge in [-0.3, -0.25) is 10.00 Å². The number of hydrogen-bond acceptors (Lipinski definition) is 7. The van der Waals surface area contributed by atoms with Crippen LogP contribution in [0.4, 0.5) is 5.95 Å². The number of piperidine rings is 1. The molecule has 0 bridgehead atoms. The number of aromatic nitrogens is 5. The number of likely N-dealkylation sites (tertiary alicyclic amines) is 1. The molecule has 1 fully saturated rings. The molecule has 8 nitrogen and oxygen atoms in total. The maximum Gasteiger partial charge on any atom is 0.265 e. The van der Waals surface area contributed by atoms with Gasteiger partial charge in [-0.25, -0.2) is 4.98 Å². The van der Waals surface area contributed by atoms with Crippen molar-refractivity contribution in [1.29, 1.82) is 0 Å². The van der Waals surface area contributed by atoms with E-state index in [4.69, 9.17) is 4.52 Å². The smallest absolute Gasteiger partial charge is 0.265 e. The summed E-state index contributed by atoms with van der Waals surface area (Å²) < 4.78 is 5.30. The number of hydrogen-bond donors (Lipinski definition) is 1. The molecule has 0 aromatic carbocycles. The Morgan fingerprint density at radius 3 is 3.05 bits per heavy atom. The molecule has 1 N–H and O–H groups in total. The molecule has 0 saturated carbocycles. The molecule has 3 rings (SSSR count). The standard InChI is InChI=1S/C12H19N7O/c1-18(2)12-15-10(20-17-12)7-19-6-4-3-5-9(19)11-13-8-14-16-11/h8-9H,3-7H2,1-2H3,(H,13,14,16)/t9-/m1/s1. The van der Waals surface area contributed by atoms with Gasteiger partial charge in [0.1, 0.15) is 12.2 Å². The van der Waals surface area contributed by atoms with E-state index in [9.17, 15) is 0 Å². The summed E-state index contributed by atoms with van der Waals surface area (Å²) in [6.45, 7) is 1.65. The fourth-order valence-corrected chi connectivity index (χ4v) is 2.53. The summed E-state index contributed by atoms with van der Waals surface area (Å²) in [6.07, 6.45) is 5.01. The number of nitrogens with zero attached hydrogens (tertiary/aromatic N) is 6. The van der Waals surface area contributed by atoms with E-state index < -0.39 is 0 Å². The molecular formula is C12H19N7O. The van der Waals surface area contributed by atoms with E-state index in [1.807, 2.05) is 19.0 Å². The highest BCUT2D eigenvalue weighted by Crippen LogP contribution is 2.29. The Morgan fingerprint density at radius 2 is 2.35 bits per heavy atom. The van der Waals surface area contributed by atoms with E-state index in [1.54, 1.807) is 6.33 Å². The van der Waals surface area contributed by atoms with Gasteiger partial charge in [0, 0.05) is 14.1 Å². The van der Waals surface area contributed by atoms with E-state index in [-0.39, 0.29) is 6.04 Å². The highest BCUT2D eigenvalue weighted by molar-refractivity contribution is 5.23. The second kappa shape index (κ2) is 5.58. The van der Waals surface area contributed by atoms with Gasteiger partial charge < -0.3 is 9.42 Å². The van der Waals surface area contributed by atoms with Crippen molar-refractivity contribution in [2.24, 2.45) is 0 Å². The van der Waals surface area contributed by atoms with E-state index >= 15 is 0 Å². The number of H-pyrrole nitrogens is 1. The summed E-state index contributed by atoms with van der Waals surface area (Å²) in [5, 5.41) is 10.9. The Hall–Kier alpha value is -1.96. The summed E-state index contributed by atoms with van der Waals surface area (Å²) in [4.78, 5) is 12.8. The molecule has 0 aliphatic carbocycles. The van der Waals surface area contributed by atoms with Crippen LogP contribution in [0, 0.1) is 0 Å². The average Bonchev–Trinajstić information content (AvgIpc) is 3.10. The van der Waals surface area contributed by atoms with Crippen molar-refractivity contribution in [2.45, 2.75) is 31.8 Å². The van der Waals surface area contributed by atoms with Gasteiger partial charge in [0.15, 0.2) is 0 Å². The Balaban J connectivity index is 1.73. The number of rotatable bonds is 4. The van der Waals surface area contributed by atoms with Gasteiger partial charge in [0.25, 0.3) is 5.95 Å². The Morgan fingerprint density at radius 1 is 1.45 bits per heavy atom. The first kappa shape index (κ1) is 13.0. The molecular weight excluding hydrogens is 258 g/mol. The second-order valence-corrected chi connectivity index (χ2v) is 5.24. The van der Waals surface area contributed by atoms with Crippen LogP contribution in [0.2, 0.25) is 0 Å². The van der Waals surface area contributed by atoms with Crippen LogP contribution in [-0.2, 0) is 6.54 Å². The zero-order valence-corrected chi connectivity index (χ0v) is 11.8. The third-order valence-corrected chi connectivity index (χ3v) is 3.56. The predicted octanol–water partition coefficient (Wildman–Crippen LogP) is 0.981. The summed E-state index contributed by atoms with van der Waals surface area (Å²) in [5.41, 5.74) is 0. The highest BCUT2D eigenvalue weighted by Gasteiger charge is 2.27. The minimum absolute atomic E-state index is 0.251. The average molecular weight is 277 g/mol. The Labute approximate surface area is 117 Å². The molecule has 1 aliphatic rings. The molecule has 1 atom stereocenters. The van der Waals surface area contributed by atoms with Crippen LogP contribution >= 0.6 is 0 Å². The fourth-order valence-electron chi connectivity index (χ4n) is 2.53. The van der Waals surface area contributed by atoms with Gasteiger partial charge >= 0.3 is 0 Å². The van der Waals surface area contributed by atoms with Crippen molar-refractivity contribution in [3.05, 3.63) is 18.0 Å². The number of aromatic amines is 1. The predicted molar refractivity (Wildman–Crippen MR) is 72.0 cm³/mol. The summed E-state index contributed by atoms with van der Waals surface area (Å²) in [7, 11) is 3.79. The zero-order chi connectivity index (χ0) is 13.9. The monoisotopic (exact) mass is 277 g/mol. The highest BCUT2D eigenvalue weighted by atomic mass is 16.5. The topological polar surface area (TPSA) is 87.0 Å². The van der Waals surface area contributed by atoms with Crippen molar-refractivity contribution in [1.82, 2.24) is 30.2 Å². The molecule has 0 unspecified atom stereocenters. The van der Waals surface area contributed by atoms with Crippen molar-refractivity contribution in [3.8, 4) is 0 Å². The minimum Gasteiger partial charge on any atom is -0.344 e. The Bertz CT molecular complexity index is 536. The van der Waals surface area contributed by atoms with E-state index in [1.165, 1.54) is 12.8 Å². The molecule has 0 amide bonds. The van der Waals surface area contributed by atoms with Gasteiger partial charge in [-0.1, -0.05) is 6.42 Å². The summed E-state index contributed by atoms with van der Waals surface area (Å²) >= 11 is 0. The van der Waals surface area contributed by atoms with E-state index in [0.717, 1.165) is 18.8 Å². The van der Waals surface area contributed by atoms with Crippen molar-refractivity contribution in [2.75, 3.05) is 25.5 Å². The molecule has 3 heterocycles. The van der Waals surface area contributed by atoms with Gasteiger partial charge in [0.2, 0.25) is 5.89 Å². The lowest BCUT2D eigenvalue weighted by Gasteiger charge is -2.32. The van der Waals surface area contributed by atoms with Gasteiger partial charge in [0.05, 0.1) is 12.6 Å². The molecule has 0 spiro atoms. The first-order valence-corrected chi connectivity index (χ1v) is 6.83. The van der Waals surface area contributed by atoms with Crippen LogP contribution in [0.15, 0.2) is 10.9 Å². The minimum atomic E-state index is 0.251. The lowest BCUT2D eigenvalue weighted by Crippen LogP contribution is -2.33. The second-order valence-electron chi connectivity index (χ2n) is 5.24. The molecule has 2 aromatic heterocycles. The summed E-state index contributed by atoms with van der Waals surface area (Å²) in [5.74, 6) is 2.16. The summed E-state index contributed by atoms with van der Waals surface area (Å²) in [6, 6.07) is 0.251. The normalized spacial score (nSPS) is 20.2. The van der Waals surface area contributed by atoms with Crippen LogP contribution in [0.3, 0.4) is 0 Å². The van der Waals surface area contributed by atoms with Gasteiger partial charge in [-0.2, -0.15) is 10.1 Å². The lowest BCUT2D eigenvalue weighted by atomic mass is 10.0. The van der Waals surface area contributed by atoms with Crippen LogP contribution < -0.4 is 4.90 Å². The maximum atomic E-state index is 5.30. The molecule has 1 saturated heterocycles. The maximum absolute atomic E-state index is 5.30. The van der Waals surface area contributed by atoms with E-state index in [2.05, 4.69) is 30.2 Å². The van der Waals surface area contributed by atoms with Crippen LogP contribution in [0.1, 0.15) is 37.0 Å². The molecule has 8 heteroatoms. The van der Waals surface area contributed by atoms with Crippen molar-refractivity contribution >= 4 is 5.95 Å². The quantitative estimate of drug-likeness (QED) is 0.891. The van der Waals surface area contributed by atoms with Crippen LogP contribution in [0.25, 0.3) is 0 Å². The third-order valence-electron chi connectivity index (χ3n) is 3.56. The van der Waals surface area contributed by atoms with Gasteiger partial charge in [-0.05, 0) is 24.5 Å². The van der Waals surface area contributed by atoms with Crippen molar-refractivity contribution < 1.29 is 4.52 Å². The third kappa shape index (κ3) is 2.64. The zero-order valence-electron chi connectivity index (χ0n) is 11.8. The lowest BCUT2D eigenvalue weighted by molar-refractivity contribution is 0.118. The SMILES string of the molecule is CN(C)c1noc(CN2CCCC[C@@H]2c2ncn[nH]2)n1. The van der Waals surface area contributed by atoms with E-state index in [0.29, 0.717) is 18.4 Å². The molecule has 20 heavy (non-hydrogen) atoms. The molecule has 1 aliphatic heterocycles. The van der Waals surface area contributed by atoms with Crippen LogP contribution in [-0.4, -0.2) is 50.9 Å². The first-order chi connectivity index (χ1) is 9.74.